The number of hydrogen-bond acceptors (Lipinski definition) is 4. The smallest absolute Gasteiger partial charge is 0.169 e. The van der Waals surface area contributed by atoms with Gasteiger partial charge in [-0.05, 0) is 28.1 Å². The molecule has 0 saturated carbocycles. The fourth-order valence-corrected chi connectivity index (χ4v) is 2.90. The van der Waals surface area contributed by atoms with Gasteiger partial charge in [0.25, 0.3) is 0 Å². The van der Waals surface area contributed by atoms with E-state index in [1.807, 2.05) is 12.1 Å². The van der Waals surface area contributed by atoms with Crippen molar-refractivity contribution in [3.8, 4) is 0 Å². The Hall–Kier alpha value is -0.230. The minimum atomic E-state index is -0.375. The van der Waals surface area contributed by atoms with Crippen molar-refractivity contribution < 1.29 is 14.3 Å². The lowest BCUT2D eigenvalue weighted by Crippen LogP contribution is -2.36. The molecule has 1 aromatic heterocycles. The van der Waals surface area contributed by atoms with Crippen LogP contribution in [0, 0.1) is 0 Å². The van der Waals surface area contributed by atoms with Crippen LogP contribution in [-0.4, -0.2) is 31.7 Å². The molecule has 15 heavy (non-hydrogen) atoms. The first kappa shape index (κ1) is 11.3. The van der Waals surface area contributed by atoms with Gasteiger partial charge in [0.05, 0.1) is 23.6 Å². The SMILES string of the molecule is O=C(Cc1ccc(Br)s1)C1COCCO1. The predicted octanol–water partition coefficient (Wildman–Crippen LogP) is 2.04. The Balaban J connectivity index is 1.91. The lowest BCUT2D eigenvalue weighted by atomic mass is 10.1. The molecule has 2 rings (SSSR count). The van der Waals surface area contributed by atoms with Crippen LogP contribution < -0.4 is 0 Å². The van der Waals surface area contributed by atoms with Gasteiger partial charge in [-0.1, -0.05) is 0 Å². The molecular weight excluding hydrogens is 280 g/mol. The number of thiophene rings is 1. The van der Waals surface area contributed by atoms with Gasteiger partial charge in [-0.15, -0.1) is 11.3 Å². The molecule has 0 N–H and O–H groups in total. The third-order valence-electron chi connectivity index (χ3n) is 2.15. The summed E-state index contributed by atoms with van der Waals surface area (Å²) in [5.41, 5.74) is 0. The van der Waals surface area contributed by atoms with Crippen LogP contribution in [0.3, 0.4) is 0 Å². The van der Waals surface area contributed by atoms with E-state index in [0.717, 1.165) is 8.66 Å². The highest BCUT2D eigenvalue weighted by Gasteiger charge is 2.22. The molecule has 0 aromatic carbocycles. The van der Waals surface area contributed by atoms with Crippen molar-refractivity contribution in [2.75, 3.05) is 19.8 Å². The maximum atomic E-state index is 11.8. The zero-order chi connectivity index (χ0) is 10.7. The summed E-state index contributed by atoms with van der Waals surface area (Å²) in [5.74, 6) is 0.101. The number of ether oxygens (including phenoxy) is 2. The summed E-state index contributed by atoms with van der Waals surface area (Å²) >= 11 is 4.95. The molecule has 1 fully saturated rings. The number of carbonyl (C=O) groups is 1. The third-order valence-corrected chi connectivity index (χ3v) is 3.78. The first-order valence-corrected chi connectivity index (χ1v) is 6.33. The lowest BCUT2D eigenvalue weighted by Gasteiger charge is -2.21. The van der Waals surface area contributed by atoms with E-state index in [2.05, 4.69) is 15.9 Å². The molecule has 0 spiro atoms. The van der Waals surface area contributed by atoms with Crippen molar-refractivity contribution in [3.63, 3.8) is 0 Å². The lowest BCUT2D eigenvalue weighted by molar-refractivity contribution is -0.144. The average molecular weight is 291 g/mol. The first-order valence-electron chi connectivity index (χ1n) is 4.72. The van der Waals surface area contributed by atoms with Crippen molar-refractivity contribution in [1.29, 1.82) is 0 Å². The van der Waals surface area contributed by atoms with Crippen LogP contribution in [0.25, 0.3) is 0 Å². The summed E-state index contributed by atoms with van der Waals surface area (Å²) in [6.07, 6.45) is 0.0595. The summed E-state index contributed by atoms with van der Waals surface area (Å²) < 4.78 is 11.6. The molecule has 0 amide bonds. The van der Waals surface area contributed by atoms with Crippen molar-refractivity contribution in [2.24, 2.45) is 0 Å². The first-order chi connectivity index (χ1) is 7.25. The van der Waals surface area contributed by atoms with E-state index in [4.69, 9.17) is 9.47 Å². The number of ketones is 1. The van der Waals surface area contributed by atoms with E-state index in [1.165, 1.54) is 0 Å². The van der Waals surface area contributed by atoms with Crippen LogP contribution >= 0.6 is 27.3 Å². The van der Waals surface area contributed by atoms with Crippen LogP contribution in [0.4, 0.5) is 0 Å². The van der Waals surface area contributed by atoms with Gasteiger partial charge in [0.1, 0.15) is 6.10 Å². The molecule has 0 bridgehead atoms. The van der Waals surface area contributed by atoms with Gasteiger partial charge in [-0.3, -0.25) is 4.79 Å². The molecule has 82 valence electrons. The Morgan fingerprint density at radius 1 is 1.53 bits per heavy atom. The van der Waals surface area contributed by atoms with Crippen LogP contribution in [0.2, 0.25) is 0 Å². The second-order valence-corrected chi connectivity index (χ2v) is 5.83. The van der Waals surface area contributed by atoms with Gasteiger partial charge < -0.3 is 9.47 Å². The molecule has 3 nitrogen and oxygen atoms in total. The van der Waals surface area contributed by atoms with Gasteiger partial charge in [0.15, 0.2) is 5.78 Å². The average Bonchev–Trinajstić information content (AvgIpc) is 2.65. The second kappa shape index (κ2) is 5.21. The van der Waals surface area contributed by atoms with Crippen LogP contribution in [0.1, 0.15) is 4.88 Å². The highest BCUT2D eigenvalue weighted by molar-refractivity contribution is 9.11. The van der Waals surface area contributed by atoms with E-state index in [1.54, 1.807) is 11.3 Å². The zero-order valence-corrected chi connectivity index (χ0v) is 10.5. The fraction of sp³-hybridized carbons (Fsp3) is 0.500. The van der Waals surface area contributed by atoms with Gasteiger partial charge >= 0.3 is 0 Å². The molecule has 5 heteroatoms. The number of hydrogen-bond donors (Lipinski definition) is 0. The Kier molecular flexibility index (Phi) is 3.91. The predicted molar refractivity (Wildman–Crippen MR) is 61.3 cm³/mol. The van der Waals surface area contributed by atoms with Gasteiger partial charge in [-0.25, -0.2) is 0 Å². The minimum absolute atomic E-state index is 0.101. The van der Waals surface area contributed by atoms with Crippen molar-refractivity contribution in [2.45, 2.75) is 12.5 Å². The van der Waals surface area contributed by atoms with Crippen LogP contribution in [0.15, 0.2) is 15.9 Å². The Morgan fingerprint density at radius 3 is 3.00 bits per heavy atom. The van der Waals surface area contributed by atoms with Crippen molar-refractivity contribution >= 4 is 33.0 Å². The molecule has 1 aliphatic rings. The molecule has 1 aliphatic heterocycles. The summed E-state index contributed by atoms with van der Waals surface area (Å²) in [5, 5.41) is 0. The third kappa shape index (κ3) is 3.11. The van der Waals surface area contributed by atoms with Crippen molar-refractivity contribution in [3.05, 3.63) is 20.8 Å². The quantitative estimate of drug-likeness (QED) is 0.855. The molecular formula is C10H11BrO3S. The van der Waals surface area contributed by atoms with E-state index in [9.17, 15) is 4.79 Å². The Bertz CT molecular complexity index is 344. The summed E-state index contributed by atoms with van der Waals surface area (Å²) in [7, 11) is 0. The molecule has 1 saturated heterocycles. The largest absolute Gasteiger partial charge is 0.376 e. The number of Topliss-reactive ketones (excluding diaryl/α,β-unsaturated/α-hetero) is 1. The number of rotatable bonds is 3. The van der Waals surface area contributed by atoms with E-state index < -0.39 is 0 Å². The van der Waals surface area contributed by atoms with E-state index in [-0.39, 0.29) is 11.9 Å². The molecule has 1 aromatic rings. The van der Waals surface area contributed by atoms with Crippen LogP contribution in [0.5, 0.6) is 0 Å². The van der Waals surface area contributed by atoms with Gasteiger partial charge in [0, 0.05) is 11.3 Å². The second-order valence-electron chi connectivity index (χ2n) is 3.28. The normalized spacial score (nSPS) is 21.5. The highest BCUT2D eigenvalue weighted by atomic mass is 79.9. The maximum Gasteiger partial charge on any atom is 0.169 e. The Morgan fingerprint density at radius 2 is 2.40 bits per heavy atom. The zero-order valence-electron chi connectivity index (χ0n) is 8.07. The molecule has 2 heterocycles. The summed E-state index contributed by atoms with van der Waals surface area (Å²) in [4.78, 5) is 12.8. The van der Waals surface area contributed by atoms with Crippen molar-refractivity contribution in [1.82, 2.24) is 0 Å². The topological polar surface area (TPSA) is 35.5 Å². The standard InChI is InChI=1S/C10H11BrO3S/c11-10-2-1-7(15-10)5-8(12)9-6-13-3-4-14-9/h1-2,9H,3-6H2. The van der Waals surface area contributed by atoms with Gasteiger partial charge in [-0.2, -0.15) is 0 Å². The van der Waals surface area contributed by atoms with Crippen LogP contribution in [-0.2, 0) is 20.7 Å². The van der Waals surface area contributed by atoms with E-state index >= 15 is 0 Å². The molecule has 0 aliphatic carbocycles. The number of carbonyl (C=O) groups excluding carboxylic acids is 1. The Labute approximate surface area is 101 Å². The maximum absolute atomic E-state index is 11.8. The minimum Gasteiger partial charge on any atom is -0.376 e. The van der Waals surface area contributed by atoms with Gasteiger partial charge in [0.2, 0.25) is 0 Å². The molecule has 0 radical (unpaired) electrons. The summed E-state index contributed by atoms with van der Waals surface area (Å²) in [6, 6.07) is 3.90. The fourth-order valence-electron chi connectivity index (χ4n) is 1.41. The highest BCUT2D eigenvalue weighted by Crippen LogP contribution is 2.23. The van der Waals surface area contributed by atoms with E-state index in [0.29, 0.717) is 26.2 Å². The summed E-state index contributed by atoms with van der Waals surface area (Å²) in [6.45, 7) is 1.50. The monoisotopic (exact) mass is 290 g/mol. The molecule has 1 atom stereocenters. The molecule has 1 unspecified atom stereocenters. The number of halogens is 1.